The van der Waals surface area contributed by atoms with E-state index in [1.165, 1.54) is 5.69 Å². The summed E-state index contributed by atoms with van der Waals surface area (Å²) in [7, 11) is -0.895. The molecule has 1 saturated carbocycles. The number of hydrogen-bond donors (Lipinski definition) is 0. The minimum Gasteiger partial charge on any atom is -0.329 e. The van der Waals surface area contributed by atoms with Gasteiger partial charge in [-0.2, -0.15) is 0 Å². The molecule has 2 fully saturated rings. The Morgan fingerprint density at radius 1 is 1.18 bits per heavy atom. The predicted molar refractivity (Wildman–Crippen MR) is 84.0 cm³/mol. The molecule has 2 aliphatic heterocycles. The van der Waals surface area contributed by atoms with E-state index in [0.717, 1.165) is 44.6 Å². The summed E-state index contributed by atoms with van der Waals surface area (Å²) in [5.41, 5.74) is 1.11. The second-order valence-corrected chi connectivity index (χ2v) is 9.18. The molecule has 7 heteroatoms. The molecule has 4 rings (SSSR count). The average Bonchev–Trinajstić information content (AvgIpc) is 3.29. The van der Waals surface area contributed by atoms with Gasteiger partial charge in [0.25, 0.3) is 0 Å². The Morgan fingerprint density at radius 3 is 2.50 bits per heavy atom. The van der Waals surface area contributed by atoms with Gasteiger partial charge in [0.2, 0.25) is 10.0 Å². The quantitative estimate of drug-likeness (QED) is 0.812. The monoisotopic (exact) mass is 324 g/mol. The first-order valence-corrected chi connectivity index (χ1v) is 9.68. The van der Waals surface area contributed by atoms with Crippen LogP contribution in [0.3, 0.4) is 0 Å². The highest BCUT2D eigenvalue weighted by atomic mass is 32.2. The van der Waals surface area contributed by atoms with Crippen LogP contribution < -0.4 is 0 Å². The number of aryl methyl sites for hydroxylation is 1. The third-order valence-corrected chi connectivity index (χ3v) is 8.11. The van der Waals surface area contributed by atoms with Crippen molar-refractivity contribution in [1.29, 1.82) is 0 Å². The van der Waals surface area contributed by atoms with Crippen LogP contribution in [-0.4, -0.2) is 59.1 Å². The van der Waals surface area contributed by atoms with Crippen LogP contribution in [0.15, 0.2) is 6.20 Å². The van der Waals surface area contributed by atoms with E-state index in [0.29, 0.717) is 13.1 Å². The largest absolute Gasteiger partial charge is 0.329 e. The number of sulfonamides is 1. The van der Waals surface area contributed by atoms with Gasteiger partial charge in [-0.05, 0) is 39.7 Å². The van der Waals surface area contributed by atoms with E-state index in [1.54, 1.807) is 4.31 Å². The molecule has 1 aromatic heterocycles. The summed E-state index contributed by atoms with van der Waals surface area (Å²) in [6.07, 6.45) is 5.31. The Balaban J connectivity index is 1.62. The molecule has 22 heavy (non-hydrogen) atoms. The first-order valence-electron chi connectivity index (χ1n) is 8.18. The first kappa shape index (κ1) is 14.7. The predicted octanol–water partition coefficient (Wildman–Crippen LogP) is 0.920. The van der Waals surface area contributed by atoms with Crippen molar-refractivity contribution in [3.05, 3.63) is 17.7 Å². The molecule has 122 valence electrons. The zero-order valence-corrected chi connectivity index (χ0v) is 14.1. The lowest BCUT2D eigenvalue weighted by Crippen LogP contribution is -2.57. The first-order chi connectivity index (χ1) is 10.4. The number of rotatable bonds is 2. The number of hydrogen-bond acceptors (Lipinski definition) is 4. The highest BCUT2D eigenvalue weighted by molar-refractivity contribution is 7.90. The van der Waals surface area contributed by atoms with Gasteiger partial charge < -0.3 is 4.57 Å². The summed E-state index contributed by atoms with van der Waals surface area (Å²) >= 11 is 0. The van der Waals surface area contributed by atoms with Gasteiger partial charge in [0.05, 0.1) is 10.8 Å². The molecule has 0 aromatic carbocycles. The van der Waals surface area contributed by atoms with Gasteiger partial charge in [-0.25, -0.2) is 17.7 Å². The zero-order chi connectivity index (χ0) is 15.5. The molecule has 1 aliphatic carbocycles. The van der Waals surface area contributed by atoms with E-state index in [2.05, 4.69) is 28.4 Å². The zero-order valence-electron chi connectivity index (χ0n) is 13.3. The lowest BCUT2D eigenvalue weighted by Gasteiger charge is -2.49. The van der Waals surface area contributed by atoms with E-state index in [1.807, 2.05) is 6.20 Å². The Bertz CT molecular complexity index is 684. The second kappa shape index (κ2) is 4.79. The molecule has 3 aliphatic rings. The summed E-state index contributed by atoms with van der Waals surface area (Å²) in [5.74, 6) is 1.13. The highest BCUT2D eigenvalue weighted by Crippen LogP contribution is 2.42. The molecule has 0 amide bonds. The maximum atomic E-state index is 12.4. The van der Waals surface area contributed by atoms with Gasteiger partial charge in [-0.15, -0.1) is 0 Å². The second-order valence-electron chi connectivity index (χ2n) is 6.97. The van der Waals surface area contributed by atoms with Gasteiger partial charge in [0, 0.05) is 38.1 Å². The van der Waals surface area contributed by atoms with Crippen molar-refractivity contribution in [3.8, 4) is 0 Å². The van der Waals surface area contributed by atoms with Crippen molar-refractivity contribution in [3.63, 3.8) is 0 Å². The number of fused-ring (bicyclic) bond motifs is 2. The third-order valence-electron chi connectivity index (χ3n) is 5.72. The number of piperidine rings is 1. The van der Waals surface area contributed by atoms with Crippen molar-refractivity contribution in [2.24, 2.45) is 0 Å². The molecule has 1 spiro atoms. The normalized spacial score (nSPS) is 26.3. The van der Waals surface area contributed by atoms with Crippen LogP contribution in [0.5, 0.6) is 0 Å². The van der Waals surface area contributed by atoms with Gasteiger partial charge in [0.1, 0.15) is 5.82 Å². The van der Waals surface area contributed by atoms with Crippen LogP contribution in [-0.2, 0) is 22.1 Å². The summed E-state index contributed by atoms with van der Waals surface area (Å²) < 4.78 is 28.9. The third kappa shape index (κ3) is 1.98. The molecule has 6 nitrogen and oxygen atoms in total. The van der Waals surface area contributed by atoms with E-state index in [9.17, 15) is 8.42 Å². The summed E-state index contributed by atoms with van der Waals surface area (Å²) in [6, 6.07) is 0. The number of imidazole rings is 1. The van der Waals surface area contributed by atoms with Crippen molar-refractivity contribution in [1.82, 2.24) is 18.8 Å². The number of aromatic nitrogens is 2. The molecular weight excluding hydrogens is 300 g/mol. The van der Waals surface area contributed by atoms with Crippen LogP contribution in [0.4, 0.5) is 0 Å². The van der Waals surface area contributed by atoms with Crippen LogP contribution in [0.1, 0.15) is 37.2 Å². The highest BCUT2D eigenvalue weighted by Gasteiger charge is 2.49. The summed E-state index contributed by atoms with van der Waals surface area (Å²) in [5, 5.41) is -0.102. The summed E-state index contributed by atoms with van der Waals surface area (Å²) in [6.45, 7) is 5.31. The Morgan fingerprint density at radius 2 is 1.86 bits per heavy atom. The van der Waals surface area contributed by atoms with Gasteiger partial charge in [0.15, 0.2) is 0 Å². The molecule has 0 N–H and O–H groups in total. The van der Waals surface area contributed by atoms with Crippen LogP contribution in [0.25, 0.3) is 0 Å². The molecule has 0 atom stereocenters. The SMILES string of the molecule is Cc1cnc2n1CCN(C)C21CCN(S(=O)(=O)C2CC2)CC1. The molecule has 1 aromatic rings. The molecular formula is C15H24N4O2S. The topological polar surface area (TPSA) is 58.4 Å². The fourth-order valence-electron chi connectivity index (χ4n) is 4.04. The van der Waals surface area contributed by atoms with E-state index < -0.39 is 10.0 Å². The molecule has 0 radical (unpaired) electrons. The van der Waals surface area contributed by atoms with Gasteiger partial charge in [-0.1, -0.05) is 0 Å². The Kier molecular flexibility index (Phi) is 3.19. The van der Waals surface area contributed by atoms with Crippen molar-refractivity contribution < 1.29 is 8.42 Å². The Labute approximate surface area is 132 Å². The van der Waals surface area contributed by atoms with Crippen LogP contribution in [0.2, 0.25) is 0 Å². The van der Waals surface area contributed by atoms with Crippen molar-refractivity contribution >= 4 is 10.0 Å². The minimum absolute atomic E-state index is 0.0952. The minimum atomic E-state index is -3.05. The van der Waals surface area contributed by atoms with E-state index >= 15 is 0 Å². The van der Waals surface area contributed by atoms with Gasteiger partial charge in [-0.3, -0.25) is 4.90 Å². The Hall–Kier alpha value is -0.920. The molecule has 0 bridgehead atoms. The molecule has 3 heterocycles. The van der Waals surface area contributed by atoms with Crippen molar-refractivity contribution in [2.75, 3.05) is 26.7 Å². The van der Waals surface area contributed by atoms with E-state index in [4.69, 9.17) is 0 Å². The van der Waals surface area contributed by atoms with Gasteiger partial charge >= 0.3 is 0 Å². The fourth-order valence-corrected chi connectivity index (χ4v) is 5.89. The smallest absolute Gasteiger partial charge is 0.216 e. The fraction of sp³-hybridized carbons (Fsp3) is 0.800. The van der Waals surface area contributed by atoms with Crippen LogP contribution >= 0.6 is 0 Å². The van der Waals surface area contributed by atoms with Crippen LogP contribution in [0, 0.1) is 6.92 Å². The number of nitrogens with zero attached hydrogens (tertiary/aromatic N) is 4. The summed E-state index contributed by atoms with van der Waals surface area (Å²) in [4.78, 5) is 7.06. The van der Waals surface area contributed by atoms with Crippen molar-refractivity contribution in [2.45, 2.75) is 49.9 Å². The molecule has 0 unspecified atom stereocenters. The maximum absolute atomic E-state index is 12.4. The standard InChI is InChI=1S/C15H24N4O2S/c1-12-11-16-14-15(17(2)9-10-19(12)14)5-7-18(8-6-15)22(20,21)13-3-4-13/h11,13H,3-10H2,1-2H3. The lowest BCUT2D eigenvalue weighted by atomic mass is 9.84. The molecule has 1 saturated heterocycles. The van der Waals surface area contributed by atoms with E-state index in [-0.39, 0.29) is 10.8 Å². The number of likely N-dealkylation sites (N-methyl/N-ethyl adjacent to an activating group) is 1. The average molecular weight is 324 g/mol. The maximum Gasteiger partial charge on any atom is 0.216 e. The lowest BCUT2D eigenvalue weighted by molar-refractivity contribution is 0.0266.